The summed E-state index contributed by atoms with van der Waals surface area (Å²) in [5.41, 5.74) is 2.87. The number of aromatic nitrogens is 5. The average molecular weight is 318 g/mol. The topological polar surface area (TPSA) is 89.1 Å². The van der Waals surface area contributed by atoms with Crippen LogP contribution in [0.15, 0.2) is 12.7 Å². The predicted octanol–water partition coefficient (Wildman–Crippen LogP) is 0.352. The minimum atomic E-state index is -0.0797. The maximum Gasteiger partial charge on any atom is 0.222 e. The zero-order chi connectivity index (χ0) is 16.2. The Morgan fingerprint density at radius 2 is 2.30 bits per heavy atom. The Morgan fingerprint density at radius 3 is 3.00 bits per heavy atom. The summed E-state index contributed by atoms with van der Waals surface area (Å²) in [7, 11) is 0. The van der Waals surface area contributed by atoms with Crippen molar-refractivity contribution < 1.29 is 9.90 Å². The van der Waals surface area contributed by atoms with Crippen molar-refractivity contribution in [1.82, 2.24) is 29.4 Å². The van der Waals surface area contributed by atoms with Gasteiger partial charge in [0.05, 0.1) is 12.3 Å². The molecule has 2 aromatic heterocycles. The second-order valence-electron chi connectivity index (χ2n) is 5.67. The molecule has 0 saturated heterocycles. The number of aliphatic hydroxyl groups excluding tert-OH is 1. The molecular formula is C15H22N6O2. The molecule has 23 heavy (non-hydrogen) atoms. The number of amides is 1. The number of fused-ring (bicyclic) bond motifs is 1. The van der Waals surface area contributed by atoms with Crippen molar-refractivity contribution in [3.8, 4) is 0 Å². The molecule has 0 fully saturated rings. The van der Waals surface area contributed by atoms with Crippen molar-refractivity contribution in [2.45, 2.75) is 52.4 Å². The smallest absolute Gasteiger partial charge is 0.222 e. The molecular weight excluding hydrogens is 296 g/mol. The highest BCUT2D eigenvalue weighted by atomic mass is 16.3. The van der Waals surface area contributed by atoms with Crippen LogP contribution < -0.4 is 0 Å². The Kier molecular flexibility index (Phi) is 4.71. The Balaban J connectivity index is 1.60. The number of hydrogen-bond acceptors (Lipinski definition) is 5. The van der Waals surface area contributed by atoms with E-state index in [0.29, 0.717) is 31.7 Å². The molecule has 8 nitrogen and oxygen atoms in total. The largest absolute Gasteiger partial charge is 0.390 e. The van der Waals surface area contributed by atoms with Crippen LogP contribution in [0.3, 0.4) is 0 Å². The summed E-state index contributed by atoms with van der Waals surface area (Å²) in [6.07, 6.45) is 5.18. The number of carbonyl (C=O) groups excluding carboxylic acids is 1. The van der Waals surface area contributed by atoms with Gasteiger partial charge in [-0.3, -0.25) is 14.2 Å². The average Bonchev–Trinajstić information content (AvgIpc) is 3.21. The van der Waals surface area contributed by atoms with E-state index in [0.717, 1.165) is 30.6 Å². The first-order chi connectivity index (χ1) is 11.2. The standard InChI is InChI=1S/C15H22N6O2/c1-2-21-14-5-7-19(8-12(14)13(9-22)18-21)15(23)4-3-6-20-11-16-10-17-20/h10-11,22H,2-9H2,1H3. The third kappa shape index (κ3) is 3.26. The highest BCUT2D eigenvalue weighted by molar-refractivity contribution is 5.76. The fraction of sp³-hybridized carbons (Fsp3) is 0.600. The normalized spacial score (nSPS) is 14.1. The highest BCUT2D eigenvalue weighted by Gasteiger charge is 2.26. The van der Waals surface area contributed by atoms with Crippen LogP contribution in [0.1, 0.15) is 36.7 Å². The summed E-state index contributed by atoms with van der Waals surface area (Å²) in [6, 6.07) is 0. The minimum Gasteiger partial charge on any atom is -0.390 e. The second-order valence-corrected chi connectivity index (χ2v) is 5.67. The molecule has 3 rings (SSSR count). The molecule has 0 aromatic carbocycles. The maximum atomic E-state index is 12.4. The molecule has 0 spiro atoms. The molecule has 0 bridgehead atoms. The summed E-state index contributed by atoms with van der Waals surface area (Å²) in [4.78, 5) is 18.2. The molecule has 3 heterocycles. The molecule has 1 aliphatic heterocycles. The summed E-state index contributed by atoms with van der Waals surface area (Å²) in [5.74, 6) is 0.143. The van der Waals surface area contributed by atoms with Gasteiger partial charge in [-0.1, -0.05) is 0 Å². The van der Waals surface area contributed by atoms with Crippen LogP contribution in [0.2, 0.25) is 0 Å². The van der Waals surface area contributed by atoms with E-state index in [9.17, 15) is 9.90 Å². The number of rotatable bonds is 6. The van der Waals surface area contributed by atoms with E-state index in [-0.39, 0.29) is 12.5 Å². The van der Waals surface area contributed by atoms with E-state index >= 15 is 0 Å². The predicted molar refractivity (Wildman–Crippen MR) is 82.2 cm³/mol. The first-order valence-electron chi connectivity index (χ1n) is 8.01. The molecule has 0 unspecified atom stereocenters. The lowest BCUT2D eigenvalue weighted by atomic mass is 10.0. The molecule has 0 aliphatic carbocycles. The van der Waals surface area contributed by atoms with Crippen LogP contribution in [0.5, 0.6) is 0 Å². The molecule has 0 saturated carbocycles. The fourth-order valence-electron chi connectivity index (χ4n) is 3.06. The maximum absolute atomic E-state index is 12.4. The van der Waals surface area contributed by atoms with Crippen LogP contribution in [0, 0.1) is 0 Å². The molecule has 124 valence electrons. The van der Waals surface area contributed by atoms with Crippen LogP contribution in [-0.2, 0) is 37.5 Å². The Hall–Kier alpha value is -2.22. The Morgan fingerprint density at radius 1 is 1.43 bits per heavy atom. The van der Waals surface area contributed by atoms with Gasteiger partial charge in [0, 0.05) is 50.3 Å². The van der Waals surface area contributed by atoms with Crippen molar-refractivity contribution in [3.63, 3.8) is 0 Å². The zero-order valence-electron chi connectivity index (χ0n) is 13.4. The molecule has 2 aromatic rings. The fourth-order valence-corrected chi connectivity index (χ4v) is 3.06. The van der Waals surface area contributed by atoms with Gasteiger partial charge in [0.15, 0.2) is 0 Å². The molecule has 0 atom stereocenters. The lowest BCUT2D eigenvalue weighted by Gasteiger charge is -2.28. The number of hydrogen-bond donors (Lipinski definition) is 1. The van der Waals surface area contributed by atoms with E-state index in [1.54, 1.807) is 11.0 Å². The SMILES string of the molecule is CCn1nc(CO)c2c1CCN(C(=O)CCCn1cncn1)C2. The van der Waals surface area contributed by atoms with Gasteiger partial charge < -0.3 is 10.0 Å². The van der Waals surface area contributed by atoms with Gasteiger partial charge in [0.1, 0.15) is 12.7 Å². The first kappa shape index (κ1) is 15.7. The molecule has 0 radical (unpaired) electrons. The minimum absolute atomic E-state index is 0.0797. The summed E-state index contributed by atoms with van der Waals surface area (Å²) < 4.78 is 3.67. The molecule has 1 amide bonds. The van der Waals surface area contributed by atoms with E-state index in [1.807, 2.05) is 16.5 Å². The van der Waals surface area contributed by atoms with E-state index in [2.05, 4.69) is 15.2 Å². The van der Waals surface area contributed by atoms with Gasteiger partial charge >= 0.3 is 0 Å². The number of carbonyl (C=O) groups is 1. The van der Waals surface area contributed by atoms with Crippen LogP contribution >= 0.6 is 0 Å². The third-order valence-electron chi connectivity index (χ3n) is 4.26. The van der Waals surface area contributed by atoms with Crippen molar-refractivity contribution in [2.24, 2.45) is 0 Å². The van der Waals surface area contributed by atoms with Gasteiger partial charge in [-0.2, -0.15) is 10.2 Å². The van der Waals surface area contributed by atoms with Gasteiger partial charge in [0.2, 0.25) is 5.91 Å². The summed E-state index contributed by atoms with van der Waals surface area (Å²) >= 11 is 0. The monoisotopic (exact) mass is 318 g/mol. The highest BCUT2D eigenvalue weighted by Crippen LogP contribution is 2.23. The van der Waals surface area contributed by atoms with E-state index in [4.69, 9.17) is 0 Å². The van der Waals surface area contributed by atoms with Crippen molar-refractivity contribution in [2.75, 3.05) is 6.54 Å². The number of aryl methyl sites for hydroxylation is 2. The van der Waals surface area contributed by atoms with Crippen molar-refractivity contribution in [1.29, 1.82) is 0 Å². The van der Waals surface area contributed by atoms with E-state index in [1.165, 1.54) is 6.33 Å². The van der Waals surface area contributed by atoms with Gasteiger partial charge in [-0.05, 0) is 13.3 Å². The Bertz CT molecular complexity index is 664. The third-order valence-corrected chi connectivity index (χ3v) is 4.26. The Labute approximate surface area is 134 Å². The zero-order valence-corrected chi connectivity index (χ0v) is 13.4. The van der Waals surface area contributed by atoms with Gasteiger partial charge in [0.25, 0.3) is 0 Å². The first-order valence-corrected chi connectivity index (χ1v) is 8.01. The van der Waals surface area contributed by atoms with Crippen LogP contribution in [-0.4, -0.2) is 47.0 Å². The van der Waals surface area contributed by atoms with Crippen LogP contribution in [0.4, 0.5) is 0 Å². The van der Waals surface area contributed by atoms with Crippen molar-refractivity contribution in [3.05, 3.63) is 29.6 Å². The molecule has 1 N–H and O–H groups in total. The number of nitrogens with zero attached hydrogens (tertiary/aromatic N) is 6. The summed E-state index contributed by atoms with van der Waals surface area (Å²) in [5, 5.41) is 17.9. The lowest BCUT2D eigenvalue weighted by Crippen LogP contribution is -2.36. The van der Waals surface area contributed by atoms with Gasteiger partial charge in [-0.25, -0.2) is 4.98 Å². The summed E-state index contributed by atoms with van der Waals surface area (Å²) in [6.45, 7) is 4.70. The molecule has 8 heteroatoms. The quantitative estimate of drug-likeness (QED) is 0.830. The van der Waals surface area contributed by atoms with Crippen molar-refractivity contribution >= 4 is 5.91 Å². The molecule has 1 aliphatic rings. The lowest BCUT2D eigenvalue weighted by molar-refractivity contribution is -0.132. The van der Waals surface area contributed by atoms with Crippen LogP contribution in [0.25, 0.3) is 0 Å². The number of aliphatic hydroxyl groups is 1. The van der Waals surface area contributed by atoms with Gasteiger partial charge in [-0.15, -0.1) is 0 Å². The van der Waals surface area contributed by atoms with E-state index < -0.39 is 0 Å². The second kappa shape index (κ2) is 6.91.